The average molecular weight is 444 g/mol. The van der Waals surface area contributed by atoms with E-state index in [0.717, 1.165) is 36.8 Å². The van der Waals surface area contributed by atoms with Gasteiger partial charge in [-0.25, -0.2) is 5.14 Å². The zero-order valence-electron chi connectivity index (χ0n) is 17.1. The fourth-order valence-electron chi connectivity index (χ4n) is 4.91. The molecule has 0 aromatic heterocycles. The summed E-state index contributed by atoms with van der Waals surface area (Å²) in [6.45, 7) is 1.32. The summed E-state index contributed by atoms with van der Waals surface area (Å²) in [5.74, 6) is 1.27. The first-order valence-corrected chi connectivity index (χ1v) is 12.0. The van der Waals surface area contributed by atoms with Gasteiger partial charge in [0.15, 0.2) is 11.5 Å². The van der Waals surface area contributed by atoms with Crippen LogP contribution in [0, 0.1) is 0 Å². The predicted octanol–water partition coefficient (Wildman–Crippen LogP) is 2.47. The maximum absolute atomic E-state index is 13.5. The number of carbonyl (C=O) groups is 1. The van der Waals surface area contributed by atoms with Crippen LogP contribution >= 0.6 is 0 Å². The minimum absolute atomic E-state index is 0.0956. The van der Waals surface area contributed by atoms with E-state index in [0.29, 0.717) is 49.1 Å². The lowest BCUT2D eigenvalue weighted by Gasteiger charge is -2.30. The van der Waals surface area contributed by atoms with Gasteiger partial charge in [0, 0.05) is 12.2 Å². The molecule has 1 fully saturated rings. The number of fused-ring (bicyclic) bond motifs is 2. The van der Waals surface area contributed by atoms with Gasteiger partial charge in [-0.05, 0) is 54.7 Å². The number of nitrogens with two attached hydrogens (primary N) is 1. The molecule has 1 saturated carbocycles. The summed E-state index contributed by atoms with van der Waals surface area (Å²) in [4.78, 5) is 13.5. The summed E-state index contributed by atoms with van der Waals surface area (Å²) in [5.41, 5.74) is 2.24. The van der Waals surface area contributed by atoms with E-state index in [1.165, 1.54) is 4.31 Å². The summed E-state index contributed by atoms with van der Waals surface area (Å²) in [7, 11) is -3.85. The van der Waals surface area contributed by atoms with E-state index >= 15 is 0 Å². The molecular formula is C22H25N3O5S. The van der Waals surface area contributed by atoms with Crippen LogP contribution in [0.5, 0.6) is 11.5 Å². The van der Waals surface area contributed by atoms with Crippen LogP contribution in [0.3, 0.4) is 0 Å². The second kappa shape index (κ2) is 7.42. The number of ether oxygens (including phenoxy) is 2. The van der Waals surface area contributed by atoms with Crippen molar-refractivity contribution in [3.8, 4) is 11.5 Å². The number of benzene rings is 2. The molecule has 8 nitrogen and oxygen atoms in total. The molecule has 5 rings (SSSR count). The molecule has 3 aliphatic rings. The third kappa shape index (κ3) is 3.51. The predicted molar refractivity (Wildman–Crippen MR) is 117 cm³/mol. The van der Waals surface area contributed by atoms with Crippen LogP contribution in [0.1, 0.15) is 36.8 Å². The molecule has 9 heteroatoms. The standard InChI is InChI=1S/C22H25N3O5S/c23-31(27,28)25-10-7-15-3-5-17(14-18(15)25)24-21(26)22(8-1-2-9-22)16-4-6-19-20(13-16)30-12-11-29-19/h3-6,13-14H,1-2,7-12H2,(H,24,26)(H2,23,27,28). The highest BCUT2D eigenvalue weighted by Crippen LogP contribution is 2.45. The highest BCUT2D eigenvalue weighted by molar-refractivity contribution is 7.90. The molecule has 0 spiro atoms. The van der Waals surface area contributed by atoms with E-state index in [2.05, 4.69) is 5.32 Å². The zero-order chi connectivity index (χ0) is 21.6. The third-order valence-corrected chi connectivity index (χ3v) is 7.48. The highest BCUT2D eigenvalue weighted by atomic mass is 32.2. The maximum atomic E-state index is 13.5. The molecule has 164 valence electrons. The maximum Gasteiger partial charge on any atom is 0.299 e. The van der Waals surface area contributed by atoms with Gasteiger partial charge in [0.1, 0.15) is 13.2 Å². The number of nitrogens with zero attached hydrogens (tertiary/aromatic N) is 1. The van der Waals surface area contributed by atoms with Crippen LogP contribution in [-0.2, 0) is 26.8 Å². The molecule has 0 saturated heterocycles. The van der Waals surface area contributed by atoms with Crippen molar-refractivity contribution in [1.82, 2.24) is 0 Å². The number of carbonyl (C=O) groups excluding carboxylic acids is 1. The molecular weight excluding hydrogens is 418 g/mol. The van der Waals surface area contributed by atoms with Gasteiger partial charge in [0.05, 0.1) is 11.1 Å². The zero-order valence-corrected chi connectivity index (χ0v) is 17.9. The molecule has 1 aliphatic carbocycles. The number of rotatable bonds is 4. The number of nitrogens with one attached hydrogen (secondary N) is 1. The molecule has 1 amide bonds. The number of anilines is 2. The molecule has 2 aliphatic heterocycles. The average Bonchev–Trinajstić information content (AvgIpc) is 3.41. The summed E-state index contributed by atoms with van der Waals surface area (Å²) in [6, 6.07) is 11.1. The second-order valence-electron chi connectivity index (χ2n) is 8.31. The SMILES string of the molecule is NS(=O)(=O)N1CCc2ccc(NC(=O)C3(c4ccc5c(c4)OCCO5)CCCC3)cc21. The molecule has 0 bridgehead atoms. The lowest BCUT2D eigenvalue weighted by molar-refractivity contribution is -0.121. The molecule has 3 N–H and O–H groups in total. The molecule has 31 heavy (non-hydrogen) atoms. The van der Waals surface area contributed by atoms with Crippen LogP contribution in [-0.4, -0.2) is 34.1 Å². The van der Waals surface area contributed by atoms with Crippen molar-refractivity contribution in [2.75, 3.05) is 29.4 Å². The van der Waals surface area contributed by atoms with Crippen molar-refractivity contribution in [3.63, 3.8) is 0 Å². The minimum Gasteiger partial charge on any atom is -0.486 e. The van der Waals surface area contributed by atoms with Crippen LogP contribution in [0.15, 0.2) is 36.4 Å². The van der Waals surface area contributed by atoms with Crippen LogP contribution in [0.25, 0.3) is 0 Å². The first-order chi connectivity index (χ1) is 14.9. The van der Waals surface area contributed by atoms with Gasteiger partial charge < -0.3 is 14.8 Å². The normalized spacial score (nSPS) is 19.2. The number of hydrogen-bond acceptors (Lipinski definition) is 5. The Balaban J connectivity index is 1.45. The Morgan fingerprint density at radius 2 is 1.77 bits per heavy atom. The Morgan fingerprint density at radius 1 is 1.03 bits per heavy atom. The van der Waals surface area contributed by atoms with E-state index in [9.17, 15) is 13.2 Å². The van der Waals surface area contributed by atoms with Crippen molar-refractivity contribution < 1.29 is 22.7 Å². The summed E-state index contributed by atoms with van der Waals surface area (Å²) in [6.07, 6.45) is 4.01. The van der Waals surface area contributed by atoms with Crippen molar-refractivity contribution in [1.29, 1.82) is 0 Å². The quantitative estimate of drug-likeness (QED) is 0.754. The van der Waals surface area contributed by atoms with Crippen LogP contribution < -0.4 is 24.2 Å². The molecule has 2 aromatic carbocycles. The Hall–Kier alpha value is -2.78. The van der Waals surface area contributed by atoms with Crippen molar-refractivity contribution >= 4 is 27.5 Å². The first-order valence-electron chi connectivity index (χ1n) is 10.5. The van der Waals surface area contributed by atoms with Crippen molar-refractivity contribution in [2.45, 2.75) is 37.5 Å². The van der Waals surface area contributed by atoms with Gasteiger partial charge in [-0.2, -0.15) is 8.42 Å². The molecule has 0 radical (unpaired) electrons. The molecule has 0 atom stereocenters. The van der Waals surface area contributed by atoms with E-state index in [-0.39, 0.29) is 5.91 Å². The summed E-state index contributed by atoms with van der Waals surface area (Å²) in [5, 5.41) is 8.38. The Labute approximate surface area is 181 Å². The van der Waals surface area contributed by atoms with Gasteiger partial charge in [0.2, 0.25) is 5.91 Å². The Bertz CT molecular complexity index is 1140. The van der Waals surface area contributed by atoms with Crippen LogP contribution in [0.2, 0.25) is 0 Å². The van der Waals surface area contributed by atoms with Crippen molar-refractivity contribution in [2.24, 2.45) is 5.14 Å². The molecule has 0 unspecified atom stereocenters. The number of hydrogen-bond donors (Lipinski definition) is 2. The third-order valence-electron chi connectivity index (χ3n) is 6.49. The topological polar surface area (TPSA) is 111 Å². The van der Waals surface area contributed by atoms with E-state index in [1.54, 1.807) is 6.07 Å². The Morgan fingerprint density at radius 3 is 2.52 bits per heavy atom. The van der Waals surface area contributed by atoms with Gasteiger partial charge in [0.25, 0.3) is 10.2 Å². The van der Waals surface area contributed by atoms with E-state index < -0.39 is 15.6 Å². The minimum atomic E-state index is -3.85. The fraction of sp³-hybridized carbons (Fsp3) is 0.409. The molecule has 2 heterocycles. The fourth-order valence-corrected chi connectivity index (χ4v) is 5.70. The largest absolute Gasteiger partial charge is 0.486 e. The van der Waals surface area contributed by atoms with Crippen molar-refractivity contribution in [3.05, 3.63) is 47.5 Å². The van der Waals surface area contributed by atoms with Crippen LogP contribution in [0.4, 0.5) is 11.4 Å². The summed E-state index contributed by atoms with van der Waals surface area (Å²) >= 11 is 0. The first kappa shape index (κ1) is 20.1. The Kier molecular flexibility index (Phi) is 4.82. The van der Waals surface area contributed by atoms with E-state index in [4.69, 9.17) is 14.6 Å². The summed E-state index contributed by atoms with van der Waals surface area (Å²) < 4.78 is 36.3. The van der Waals surface area contributed by atoms with Gasteiger partial charge >= 0.3 is 0 Å². The number of amides is 1. The molecule has 2 aromatic rings. The lowest BCUT2D eigenvalue weighted by atomic mass is 9.77. The lowest BCUT2D eigenvalue weighted by Crippen LogP contribution is -2.38. The van der Waals surface area contributed by atoms with Gasteiger partial charge in [-0.15, -0.1) is 0 Å². The van der Waals surface area contributed by atoms with Gasteiger partial charge in [-0.1, -0.05) is 25.0 Å². The van der Waals surface area contributed by atoms with Gasteiger partial charge in [-0.3, -0.25) is 9.10 Å². The smallest absolute Gasteiger partial charge is 0.299 e. The van der Waals surface area contributed by atoms with E-state index in [1.807, 2.05) is 30.3 Å². The highest BCUT2D eigenvalue weighted by Gasteiger charge is 2.43. The monoisotopic (exact) mass is 443 g/mol. The second-order valence-corrected chi connectivity index (χ2v) is 9.78.